The van der Waals surface area contributed by atoms with Crippen LogP contribution in [-0.4, -0.2) is 22.2 Å². The molecule has 0 spiro atoms. The molecular formula is C22H25N3OS. The van der Waals surface area contributed by atoms with Gasteiger partial charge in [0.1, 0.15) is 0 Å². The van der Waals surface area contributed by atoms with Crippen molar-refractivity contribution in [3.63, 3.8) is 0 Å². The number of aromatic nitrogens is 2. The van der Waals surface area contributed by atoms with Crippen LogP contribution in [-0.2, 0) is 23.7 Å². The summed E-state index contributed by atoms with van der Waals surface area (Å²) < 4.78 is 1.81. The monoisotopic (exact) mass is 379 g/mol. The van der Waals surface area contributed by atoms with E-state index in [4.69, 9.17) is 0 Å². The molecule has 3 aromatic rings. The van der Waals surface area contributed by atoms with Crippen LogP contribution in [0.5, 0.6) is 0 Å². The minimum Gasteiger partial charge on any atom is -0.355 e. The zero-order valence-corrected chi connectivity index (χ0v) is 16.5. The van der Waals surface area contributed by atoms with E-state index in [1.165, 1.54) is 16.0 Å². The molecule has 27 heavy (non-hydrogen) atoms. The number of aryl methyl sites for hydroxylation is 1. The van der Waals surface area contributed by atoms with Crippen molar-refractivity contribution in [2.24, 2.45) is 7.05 Å². The fourth-order valence-electron chi connectivity index (χ4n) is 4.04. The Morgan fingerprint density at radius 2 is 1.96 bits per heavy atom. The molecule has 140 valence electrons. The first-order chi connectivity index (χ1) is 13.2. The smallest absolute Gasteiger partial charge is 0.231 e. The molecule has 0 bridgehead atoms. The van der Waals surface area contributed by atoms with Gasteiger partial charge in [-0.25, -0.2) is 0 Å². The molecule has 4 rings (SSSR count). The average Bonchev–Trinajstić information content (AvgIpc) is 3.44. The number of amides is 1. The first-order valence-electron chi connectivity index (χ1n) is 9.58. The molecule has 1 saturated carbocycles. The van der Waals surface area contributed by atoms with Crippen LogP contribution in [0.3, 0.4) is 0 Å². The van der Waals surface area contributed by atoms with Crippen LogP contribution in [0, 0.1) is 0 Å². The molecule has 4 nitrogen and oxygen atoms in total. The van der Waals surface area contributed by atoms with E-state index in [9.17, 15) is 4.79 Å². The van der Waals surface area contributed by atoms with Gasteiger partial charge in [0.05, 0.1) is 11.6 Å². The highest BCUT2D eigenvalue weighted by molar-refractivity contribution is 7.10. The number of nitrogens with one attached hydrogen (secondary N) is 1. The number of hydrogen-bond donors (Lipinski definition) is 1. The molecule has 2 aromatic heterocycles. The summed E-state index contributed by atoms with van der Waals surface area (Å²) in [5.41, 5.74) is 3.23. The molecule has 0 radical (unpaired) electrons. The number of thiophene rings is 1. The Bertz CT molecular complexity index is 890. The van der Waals surface area contributed by atoms with Gasteiger partial charge in [0.15, 0.2) is 0 Å². The first kappa shape index (κ1) is 18.0. The predicted molar refractivity (Wildman–Crippen MR) is 110 cm³/mol. The fraction of sp³-hybridized carbons (Fsp3) is 0.364. The topological polar surface area (TPSA) is 46.9 Å². The third-order valence-electron chi connectivity index (χ3n) is 5.58. The summed E-state index contributed by atoms with van der Waals surface area (Å²) in [6, 6.07) is 12.7. The third-order valence-corrected chi connectivity index (χ3v) is 6.65. The van der Waals surface area contributed by atoms with Crippen LogP contribution >= 0.6 is 11.3 Å². The van der Waals surface area contributed by atoms with Crippen LogP contribution in [0.25, 0.3) is 11.1 Å². The summed E-state index contributed by atoms with van der Waals surface area (Å²) in [6.45, 7) is 0.679. The van der Waals surface area contributed by atoms with Crippen LogP contribution in [0.15, 0.2) is 54.2 Å². The number of rotatable bonds is 6. The van der Waals surface area contributed by atoms with Gasteiger partial charge in [-0.05, 0) is 41.8 Å². The van der Waals surface area contributed by atoms with Gasteiger partial charge in [0.2, 0.25) is 5.91 Å². The number of nitrogens with zero attached hydrogens (tertiary/aromatic N) is 2. The minimum absolute atomic E-state index is 0.203. The molecule has 1 aliphatic carbocycles. The highest BCUT2D eigenvalue weighted by atomic mass is 32.1. The number of carbonyl (C=O) groups is 1. The van der Waals surface area contributed by atoms with Crippen molar-refractivity contribution in [1.29, 1.82) is 0 Å². The van der Waals surface area contributed by atoms with Gasteiger partial charge in [-0.15, -0.1) is 11.3 Å². The van der Waals surface area contributed by atoms with E-state index >= 15 is 0 Å². The molecule has 5 heteroatoms. The lowest BCUT2D eigenvalue weighted by atomic mass is 9.83. The van der Waals surface area contributed by atoms with E-state index < -0.39 is 0 Å². The van der Waals surface area contributed by atoms with Gasteiger partial charge in [-0.2, -0.15) is 5.10 Å². The molecule has 0 saturated heterocycles. The van der Waals surface area contributed by atoms with E-state index in [1.807, 2.05) is 24.1 Å². The van der Waals surface area contributed by atoms with Crippen LogP contribution in [0.1, 0.15) is 36.1 Å². The molecule has 0 unspecified atom stereocenters. The van der Waals surface area contributed by atoms with Gasteiger partial charge in [0, 0.05) is 30.2 Å². The van der Waals surface area contributed by atoms with Gasteiger partial charge >= 0.3 is 0 Å². The van der Waals surface area contributed by atoms with E-state index in [0.717, 1.165) is 37.7 Å². The third kappa shape index (κ3) is 3.69. The zero-order valence-electron chi connectivity index (χ0n) is 15.6. The van der Waals surface area contributed by atoms with Crippen molar-refractivity contribution in [2.75, 3.05) is 6.54 Å². The van der Waals surface area contributed by atoms with Crippen molar-refractivity contribution in [3.8, 4) is 11.1 Å². The second-order valence-electron chi connectivity index (χ2n) is 7.37. The Morgan fingerprint density at radius 3 is 2.59 bits per heavy atom. The maximum atomic E-state index is 13.0. The lowest BCUT2D eigenvalue weighted by molar-refractivity contribution is -0.126. The van der Waals surface area contributed by atoms with Crippen molar-refractivity contribution in [1.82, 2.24) is 15.1 Å². The summed E-state index contributed by atoms with van der Waals surface area (Å²) in [5.74, 6) is 0.203. The summed E-state index contributed by atoms with van der Waals surface area (Å²) in [5, 5.41) is 9.50. The first-order valence-corrected chi connectivity index (χ1v) is 10.5. The van der Waals surface area contributed by atoms with Gasteiger partial charge < -0.3 is 5.32 Å². The Morgan fingerprint density at radius 1 is 1.19 bits per heavy atom. The van der Waals surface area contributed by atoms with Crippen LogP contribution < -0.4 is 5.32 Å². The molecule has 1 fully saturated rings. The molecule has 1 aliphatic rings. The van der Waals surface area contributed by atoms with Gasteiger partial charge in [-0.1, -0.05) is 43.2 Å². The standard InChI is InChI=1S/C22H25N3OS/c1-25-16-19(15-24-25)18-8-6-17(7-9-18)10-13-23-21(26)22(11-2-3-12-22)20-5-4-14-27-20/h4-9,14-16H,2-3,10-13H2,1H3,(H,23,26). The predicted octanol–water partition coefficient (Wildman–Crippen LogP) is 4.32. The second-order valence-corrected chi connectivity index (χ2v) is 8.32. The SMILES string of the molecule is Cn1cc(-c2ccc(CCNC(=O)C3(c4cccs4)CCCC3)cc2)cn1. The van der Waals surface area contributed by atoms with Crippen molar-refractivity contribution < 1.29 is 4.79 Å². The minimum atomic E-state index is -0.293. The fourth-order valence-corrected chi connectivity index (χ4v) is 5.02. The summed E-state index contributed by atoms with van der Waals surface area (Å²) in [6.07, 6.45) is 8.96. The Labute approximate surface area is 164 Å². The van der Waals surface area contributed by atoms with Gasteiger partial charge in [0.25, 0.3) is 0 Å². The summed E-state index contributed by atoms with van der Waals surface area (Å²) in [7, 11) is 1.92. The van der Waals surface area contributed by atoms with Crippen molar-refractivity contribution >= 4 is 17.2 Å². The Hall–Kier alpha value is -2.40. The molecular weight excluding hydrogens is 354 g/mol. The second kappa shape index (κ2) is 7.69. The van der Waals surface area contributed by atoms with Crippen molar-refractivity contribution in [2.45, 2.75) is 37.5 Å². The average molecular weight is 380 g/mol. The maximum absolute atomic E-state index is 13.0. The lowest BCUT2D eigenvalue weighted by Crippen LogP contribution is -2.42. The summed E-state index contributed by atoms with van der Waals surface area (Å²) >= 11 is 1.71. The highest BCUT2D eigenvalue weighted by Gasteiger charge is 2.43. The zero-order chi connectivity index (χ0) is 18.7. The van der Waals surface area contributed by atoms with Crippen LogP contribution in [0.4, 0.5) is 0 Å². The number of benzene rings is 1. The normalized spacial score (nSPS) is 15.7. The molecule has 1 amide bonds. The molecule has 0 atom stereocenters. The number of carbonyl (C=O) groups excluding carboxylic acids is 1. The lowest BCUT2D eigenvalue weighted by Gasteiger charge is -2.26. The highest BCUT2D eigenvalue weighted by Crippen LogP contribution is 2.43. The molecule has 0 aliphatic heterocycles. The van der Waals surface area contributed by atoms with Gasteiger partial charge in [-0.3, -0.25) is 9.48 Å². The van der Waals surface area contributed by atoms with Crippen LogP contribution in [0.2, 0.25) is 0 Å². The van der Waals surface area contributed by atoms with Crippen molar-refractivity contribution in [3.05, 3.63) is 64.6 Å². The van der Waals surface area contributed by atoms with E-state index in [1.54, 1.807) is 11.3 Å². The number of hydrogen-bond acceptors (Lipinski definition) is 3. The summed E-state index contributed by atoms with van der Waals surface area (Å²) in [4.78, 5) is 14.2. The van der Waals surface area contributed by atoms with E-state index in [-0.39, 0.29) is 11.3 Å². The van der Waals surface area contributed by atoms with E-state index in [0.29, 0.717) is 6.54 Å². The maximum Gasteiger partial charge on any atom is 0.231 e. The molecule has 2 heterocycles. The quantitative estimate of drug-likeness (QED) is 0.693. The molecule has 1 aromatic carbocycles. The largest absolute Gasteiger partial charge is 0.355 e. The Balaban J connectivity index is 1.36. The van der Waals surface area contributed by atoms with E-state index in [2.05, 4.69) is 52.2 Å². The molecule has 1 N–H and O–H groups in total. The Kier molecular flexibility index (Phi) is 5.12.